The SMILES string of the molecule is C=C/C=C(\C=C/C)[C@H]1[C@@H](OCc2ccc(CO)cc2)OCCN1Cc1n[nH]c(=O)[nH]1. The standard InChI is InChI=1S/C22H28N4O4/c1-3-5-18(6-4-2)20-21(30-15-17-9-7-16(14-27)8-10-17)29-12-11-26(20)13-19-23-22(28)25-24-19/h3-10,20-21,27H,1,11-15H2,2H3,(H2,23,24,25,28)/b6-4-,18-5+/t20-,21+/m0/s1. The van der Waals surface area contributed by atoms with E-state index in [1.807, 2.05) is 49.4 Å². The minimum absolute atomic E-state index is 0.0122. The van der Waals surface area contributed by atoms with Gasteiger partial charge in [-0.05, 0) is 23.6 Å². The van der Waals surface area contributed by atoms with Gasteiger partial charge in [0.25, 0.3) is 0 Å². The van der Waals surface area contributed by atoms with Gasteiger partial charge in [0.1, 0.15) is 5.82 Å². The molecule has 160 valence electrons. The molecule has 2 atom stereocenters. The van der Waals surface area contributed by atoms with Crippen LogP contribution in [0.5, 0.6) is 0 Å². The number of rotatable bonds is 9. The summed E-state index contributed by atoms with van der Waals surface area (Å²) < 4.78 is 12.2. The summed E-state index contributed by atoms with van der Waals surface area (Å²) in [4.78, 5) is 16.3. The first-order chi connectivity index (χ1) is 14.6. The Hall–Kier alpha value is -2.78. The first-order valence-electron chi connectivity index (χ1n) is 9.89. The van der Waals surface area contributed by atoms with E-state index in [-0.39, 0.29) is 18.3 Å². The number of nitrogens with zero attached hydrogens (tertiary/aromatic N) is 2. The van der Waals surface area contributed by atoms with Crippen molar-refractivity contribution in [2.75, 3.05) is 13.2 Å². The quantitative estimate of drug-likeness (QED) is 0.545. The molecule has 1 aromatic heterocycles. The number of aliphatic hydroxyl groups is 1. The highest BCUT2D eigenvalue weighted by molar-refractivity contribution is 5.29. The highest BCUT2D eigenvalue weighted by Gasteiger charge is 2.35. The van der Waals surface area contributed by atoms with Crippen molar-refractivity contribution >= 4 is 0 Å². The molecule has 8 nitrogen and oxygen atoms in total. The molecule has 3 rings (SSSR count). The molecule has 0 amide bonds. The molecule has 1 fully saturated rings. The second-order valence-corrected chi connectivity index (χ2v) is 6.97. The van der Waals surface area contributed by atoms with Gasteiger partial charge in [-0.1, -0.05) is 55.1 Å². The van der Waals surface area contributed by atoms with Crippen LogP contribution in [-0.2, 0) is 29.2 Å². The smallest absolute Gasteiger partial charge is 0.340 e. The third-order valence-electron chi connectivity index (χ3n) is 4.85. The van der Waals surface area contributed by atoms with Crippen molar-refractivity contribution in [3.8, 4) is 0 Å². The lowest BCUT2D eigenvalue weighted by Crippen LogP contribution is -2.52. The molecule has 0 radical (unpaired) electrons. The molecule has 2 aromatic rings. The summed E-state index contributed by atoms with van der Waals surface area (Å²) in [6, 6.07) is 7.41. The van der Waals surface area contributed by atoms with Crippen molar-refractivity contribution in [2.24, 2.45) is 0 Å². The van der Waals surface area contributed by atoms with E-state index in [2.05, 4.69) is 26.7 Å². The van der Waals surface area contributed by atoms with Crippen molar-refractivity contribution < 1.29 is 14.6 Å². The molecule has 0 spiro atoms. The van der Waals surface area contributed by atoms with Gasteiger partial charge in [0, 0.05) is 6.54 Å². The van der Waals surface area contributed by atoms with E-state index in [0.29, 0.717) is 32.1 Å². The van der Waals surface area contributed by atoms with Gasteiger partial charge >= 0.3 is 5.69 Å². The number of hydrogen-bond donors (Lipinski definition) is 3. The van der Waals surface area contributed by atoms with Crippen LogP contribution in [-0.4, -0.2) is 50.7 Å². The van der Waals surface area contributed by atoms with E-state index in [9.17, 15) is 9.90 Å². The third kappa shape index (κ3) is 5.64. The molecule has 0 aliphatic carbocycles. The summed E-state index contributed by atoms with van der Waals surface area (Å²) >= 11 is 0. The van der Waals surface area contributed by atoms with Crippen LogP contribution < -0.4 is 5.69 Å². The van der Waals surface area contributed by atoms with Crippen molar-refractivity contribution in [3.05, 3.63) is 88.2 Å². The molecule has 0 unspecified atom stereocenters. The zero-order valence-electron chi connectivity index (χ0n) is 17.1. The molecule has 30 heavy (non-hydrogen) atoms. The summed E-state index contributed by atoms with van der Waals surface area (Å²) in [7, 11) is 0. The molecule has 2 heterocycles. The molecule has 1 aliphatic heterocycles. The Bertz CT molecular complexity index is 929. The Morgan fingerprint density at radius 2 is 2.17 bits per heavy atom. The van der Waals surface area contributed by atoms with E-state index >= 15 is 0 Å². The predicted molar refractivity (Wildman–Crippen MR) is 113 cm³/mol. The number of nitrogens with one attached hydrogen (secondary N) is 2. The Labute approximate surface area is 175 Å². The van der Waals surface area contributed by atoms with Crippen LogP contribution in [0.15, 0.2) is 65.5 Å². The average Bonchev–Trinajstić information content (AvgIpc) is 3.17. The van der Waals surface area contributed by atoms with E-state index in [4.69, 9.17) is 9.47 Å². The fourth-order valence-corrected chi connectivity index (χ4v) is 3.45. The number of allylic oxidation sites excluding steroid dienone is 3. The number of hydrogen-bond acceptors (Lipinski definition) is 6. The number of aliphatic hydroxyl groups excluding tert-OH is 1. The topological polar surface area (TPSA) is 103 Å². The second kappa shape index (κ2) is 10.8. The summed E-state index contributed by atoms with van der Waals surface area (Å²) in [5.41, 5.74) is 2.51. The molecule has 0 saturated carbocycles. The van der Waals surface area contributed by atoms with Crippen molar-refractivity contribution in [2.45, 2.75) is 39.0 Å². The lowest BCUT2D eigenvalue weighted by Gasteiger charge is -2.41. The van der Waals surface area contributed by atoms with Gasteiger partial charge in [-0.25, -0.2) is 9.89 Å². The second-order valence-electron chi connectivity index (χ2n) is 6.97. The number of H-pyrrole nitrogens is 2. The van der Waals surface area contributed by atoms with Gasteiger partial charge in [0.15, 0.2) is 6.29 Å². The average molecular weight is 412 g/mol. The monoisotopic (exact) mass is 412 g/mol. The predicted octanol–water partition coefficient (Wildman–Crippen LogP) is 2.02. The Morgan fingerprint density at radius 3 is 2.80 bits per heavy atom. The van der Waals surface area contributed by atoms with E-state index in [1.54, 1.807) is 6.08 Å². The van der Waals surface area contributed by atoms with Crippen LogP contribution in [0.25, 0.3) is 0 Å². The summed E-state index contributed by atoms with van der Waals surface area (Å²) in [5, 5.41) is 15.6. The first kappa shape index (κ1) is 21.9. The van der Waals surface area contributed by atoms with E-state index < -0.39 is 6.29 Å². The number of ether oxygens (including phenoxy) is 2. The lowest BCUT2D eigenvalue weighted by molar-refractivity contribution is -0.207. The zero-order chi connectivity index (χ0) is 21.3. The van der Waals surface area contributed by atoms with Gasteiger partial charge in [0.05, 0.1) is 32.4 Å². The normalized spacial score (nSPS) is 20.7. The van der Waals surface area contributed by atoms with Gasteiger partial charge in [-0.15, -0.1) is 0 Å². The molecular formula is C22H28N4O4. The van der Waals surface area contributed by atoms with Crippen LogP contribution in [0.2, 0.25) is 0 Å². The van der Waals surface area contributed by atoms with E-state index in [0.717, 1.165) is 16.7 Å². The summed E-state index contributed by atoms with van der Waals surface area (Å²) in [6.07, 6.45) is 7.14. The third-order valence-corrected chi connectivity index (χ3v) is 4.85. The van der Waals surface area contributed by atoms with Gasteiger partial charge in [0.2, 0.25) is 0 Å². The first-order valence-corrected chi connectivity index (χ1v) is 9.89. The number of morpholine rings is 1. The molecule has 8 heteroatoms. The van der Waals surface area contributed by atoms with E-state index in [1.165, 1.54) is 0 Å². The highest BCUT2D eigenvalue weighted by Crippen LogP contribution is 2.25. The van der Waals surface area contributed by atoms with Crippen LogP contribution >= 0.6 is 0 Å². The van der Waals surface area contributed by atoms with Crippen molar-refractivity contribution in [1.29, 1.82) is 0 Å². The Kier molecular flexibility index (Phi) is 7.92. The molecule has 1 saturated heterocycles. The fraction of sp³-hybridized carbons (Fsp3) is 0.364. The molecule has 1 aromatic carbocycles. The zero-order valence-corrected chi connectivity index (χ0v) is 17.1. The van der Waals surface area contributed by atoms with Crippen LogP contribution in [0.3, 0.4) is 0 Å². The van der Waals surface area contributed by atoms with Crippen LogP contribution in [0, 0.1) is 0 Å². The summed E-state index contributed by atoms with van der Waals surface area (Å²) in [6.45, 7) is 7.77. The summed E-state index contributed by atoms with van der Waals surface area (Å²) in [5.74, 6) is 0.559. The Balaban J connectivity index is 1.81. The number of benzene rings is 1. The minimum Gasteiger partial charge on any atom is -0.392 e. The largest absolute Gasteiger partial charge is 0.392 e. The highest BCUT2D eigenvalue weighted by atomic mass is 16.7. The van der Waals surface area contributed by atoms with Crippen LogP contribution in [0.1, 0.15) is 23.9 Å². The van der Waals surface area contributed by atoms with Crippen molar-refractivity contribution in [1.82, 2.24) is 20.1 Å². The molecular weight excluding hydrogens is 384 g/mol. The minimum atomic E-state index is -0.510. The fourth-order valence-electron chi connectivity index (χ4n) is 3.45. The maximum Gasteiger partial charge on any atom is 0.340 e. The van der Waals surface area contributed by atoms with Crippen molar-refractivity contribution in [3.63, 3.8) is 0 Å². The van der Waals surface area contributed by atoms with Gasteiger partial charge in [-0.2, -0.15) is 5.10 Å². The van der Waals surface area contributed by atoms with Gasteiger partial charge < -0.3 is 14.6 Å². The molecule has 1 aliphatic rings. The van der Waals surface area contributed by atoms with Crippen LogP contribution in [0.4, 0.5) is 0 Å². The lowest BCUT2D eigenvalue weighted by atomic mass is 10.0. The number of aromatic amines is 2. The van der Waals surface area contributed by atoms with Gasteiger partial charge in [-0.3, -0.25) is 9.88 Å². The Morgan fingerprint density at radius 1 is 1.40 bits per heavy atom. The number of aromatic nitrogens is 3. The maximum atomic E-state index is 11.4. The molecule has 3 N–H and O–H groups in total. The molecule has 0 bridgehead atoms. The maximum absolute atomic E-state index is 11.4.